The van der Waals surface area contributed by atoms with Gasteiger partial charge in [-0.05, 0) is 36.1 Å². The number of benzene rings is 1. The number of carboxylic acids is 1. The minimum atomic E-state index is -0.896. The molecule has 3 heteroatoms. The molecule has 2 aromatic rings. The Kier molecular flexibility index (Phi) is 1.93. The number of carbonyl (C=O) groups is 1. The lowest BCUT2D eigenvalue weighted by atomic mass is 10.0. The minimum absolute atomic E-state index is 0.321. The molecule has 0 saturated heterocycles. The topological polar surface area (TPSA) is 50.2 Å². The van der Waals surface area contributed by atoms with Gasteiger partial charge in [0.05, 0.1) is 5.56 Å². The molecule has 1 heterocycles. The van der Waals surface area contributed by atoms with Crippen LogP contribution < -0.4 is 0 Å². The highest BCUT2D eigenvalue weighted by atomic mass is 16.4. The molecule has 3 nitrogen and oxygen atoms in total. The van der Waals surface area contributed by atoms with E-state index in [1.807, 2.05) is 13.0 Å². The van der Waals surface area contributed by atoms with Crippen molar-refractivity contribution in [1.82, 2.24) is 4.98 Å². The van der Waals surface area contributed by atoms with E-state index in [4.69, 9.17) is 5.11 Å². The van der Waals surface area contributed by atoms with Crippen molar-refractivity contribution in [1.29, 1.82) is 0 Å². The average molecular weight is 187 g/mol. The second-order valence-corrected chi connectivity index (χ2v) is 3.20. The van der Waals surface area contributed by atoms with Gasteiger partial charge in [-0.2, -0.15) is 0 Å². The predicted molar refractivity (Wildman–Crippen MR) is 53.4 cm³/mol. The van der Waals surface area contributed by atoms with E-state index in [0.717, 1.165) is 16.3 Å². The lowest BCUT2D eigenvalue weighted by molar-refractivity contribution is 0.0697. The van der Waals surface area contributed by atoms with Gasteiger partial charge in [-0.1, -0.05) is 0 Å². The molecule has 0 unspecified atom stereocenters. The Balaban J connectivity index is 2.78. The van der Waals surface area contributed by atoms with Crippen molar-refractivity contribution in [2.45, 2.75) is 6.92 Å². The van der Waals surface area contributed by atoms with Crippen molar-refractivity contribution in [3.63, 3.8) is 0 Å². The number of hydrogen-bond acceptors (Lipinski definition) is 2. The van der Waals surface area contributed by atoms with Gasteiger partial charge in [-0.3, -0.25) is 4.98 Å². The molecule has 0 saturated carbocycles. The van der Waals surface area contributed by atoms with Crippen LogP contribution >= 0.6 is 0 Å². The quantitative estimate of drug-likeness (QED) is 0.744. The van der Waals surface area contributed by atoms with E-state index >= 15 is 0 Å². The molecule has 1 aromatic carbocycles. The van der Waals surface area contributed by atoms with Crippen LogP contribution in [0.2, 0.25) is 0 Å². The largest absolute Gasteiger partial charge is 0.478 e. The normalized spacial score (nSPS) is 10.4. The SMILES string of the molecule is Cc1cc(C(=O)O)cc2ccncc12. The molecular weight excluding hydrogens is 178 g/mol. The van der Waals surface area contributed by atoms with Crippen LogP contribution in [-0.2, 0) is 0 Å². The number of rotatable bonds is 1. The first kappa shape index (κ1) is 8.69. The fraction of sp³-hybridized carbons (Fsp3) is 0.0909. The summed E-state index contributed by atoms with van der Waals surface area (Å²) in [6, 6.07) is 5.13. The second-order valence-electron chi connectivity index (χ2n) is 3.20. The Morgan fingerprint density at radius 3 is 2.93 bits per heavy atom. The monoisotopic (exact) mass is 187 g/mol. The highest BCUT2D eigenvalue weighted by molar-refractivity contribution is 5.95. The smallest absolute Gasteiger partial charge is 0.335 e. The Bertz CT molecular complexity index is 506. The summed E-state index contributed by atoms with van der Waals surface area (Å²) in [7, 11) is 0. The Morgan fingerprint density at radius 2 is 2.21 bits per heavy atom. The summed E-state index contributed by atoms with van der Waals surface area (Å²) < 4.78 is 0. The maximum Gasteiger partial charge on any atom is 0.335 e. The van der Waals surface area contributed by atoms with Crippen LogP contribution in [0.3, 0.4) is 0 Å². The van der Waals surface area contributed by atoms with Crippen molar-refractivity contribution in [2.24, 2.45) is 0 Å². The predicted octanol–water partition coefficient (Wildman–Crippen LogP) is 2.24. The Morgan fingerprint density at radius 1 is 1.43 bits per heavy atom. The molecule has 0 fully saturated rings. The number of nitrogens with zero attached hydrogens (tertiary/aromatic N) is 1. The first-order chi connectivity index (χ1) is 6.68. The van der Waals surface area contributed by atoms with Gasteiger partial charge in [0.25, 0.3) is 0 Å². The summed E-state index contributed by atoms with van der Waals surface area (Å²) in [5.74, 6) is -0.896. The highest BCUT2D eigenvalue weighted by Crippen LogP contribution is 2.19. The molecule has 1 aromatic heterocycles. The first-order valence-electron chi connectivity index (χ1n) is 4.26. The molecule has 0 aliphatic carbocycles. The molecule has 0 aliphatic rings. The van der Waals surface area contributed by atoms with Gasteiger partial charge in [0.2, 0.25) is 0 Å². The zero-order valence-corrected chi connectivity index (χ0v) is 7.69. The fourth-order valence-electron chi connectivity index (χ4n) is 1.50. The van der Waals surface area contributed by atoms with Gasteiger partial charge >= 0.3 is 5.97 Å². The summed E-state index contributed by atoms with van der Waals surface area (Å²) in [5, 5.41) is 10.8. The standard InChI is InChI=1S/C11H9NO2/c1-7-4-9(11(13)14)5-8-2-3-12-6-10(7)8/h2-6H,1H3,(H,13,14). The average Bonchev–Trinajstić information content (AvgIpc) is 2.17. The zero-order chi connectivity index (χ0) is 10.1. The van der Waals surface area contributed by atoms with Crippen LogP contribution in [0.5, 0.6) is 0 Å². The molecular formula is C11H9NO2. The number of aryl methyl sites for hydroxylation is 1. The molecule has 0 aliphatic heterocycles. The van der Waals surface area contributed by atoms with E-state index in [9.17, 15) is 4.79 Å². The van der Waals surface area contributed by atoms with Crippen molar-refractivity contribution < 1.29 is 9.90 Å². The van der Waals surface area contributed by atoms with E-state index in [-0.39, 0.29) is 0 Å². The lowest BCUT2D eigenvalue weighted by Gasteiger charge is -2.02. The third-order valence-corrected chi connectivity index (χ3v) is 2.21. The minimum Gasteiger partial charge on any atom is -0.478 e. The molecule has 0 radical (unpaired) electrons. The molecule has 0 spiro atoms. The van der Waals surface area contributed by atoms with Crippen molar-refractivity contribution >= 4 is 16.7 Å². The second kappa shape index (κ2) is 3.10. The zero-order valence-electron chi connectivity index (χ0n) is 7.69. The van der Waals surface area contributed by atoms with E-state index in [2.05, 4.69) is 4.98 Å². The molecule has 0 bridgehead atoms. The van der Waals surface area contributed by atoms with E-state index in [1.54, 1.807) is 24.5 Å². The highest BCUT2D eigenvalue weighted by Gasteiger charge is 2.05. The third kappa shape index (κ3) is 1.33. The molecule has 14 heavy (non-hydrogen) atoms. The van der Waals surface area contributed by atoms with Crippen molar-refractivity contribution in [3.05, 3.63) is 41.7 Å². The van der Waals surface area contributed by atoms with E-state index in [0.29, 0.717) is 5.56 Å². The van der Waals surface area contributed by atoms with Gasteiger partial charge in [0, 0.05) is 17.8 Å². The fourth-order valence-corrected chi connectivity index (χ4v) is 1.50. The molecule has 1 N–H and O–H groups in total. The molecule has 0 atom stereocenters. The third-order valence-electron chi connectivity index (χ3n) is 2.21. The summed E-state index contributed by atoms with van der Waals surface area (Å²) >= 11 is 0. The summed E-state index contributed by atoms with van der Waals surface area (Å²) in [4.78, 5) is 14.8. The van der Waals surface area contributed by atoms with Crippen LogP contribution in [0.4, 0.5) is 0 Å². The van der Waals surface area contributed by atoms with Crippen LogP contribution in [-0.4, -0.2) is 16.1 Å². The number of aromatic carboxylic acids is 1. The Hall–Kier alpha value is -1.90. The summed E-state index contributed by atoms with van der Waals surface area (Å²) in [6.07, 6.45) is 3.41. The van der Waals surface area contributed by atoms with Crippen LogP contribution in [0, 0.1) is 6.92 Å². The number of fused-ring (bicyclic) bond motifs is 1. The maximum absolute atomic E-state index is 10.8. The lowest BCUT2D eigenvalue weighted by Crippen LogP contribution is -1.97. The Labute approximate surface area is 81.0 Å². The van der Waals surface area contributed by atoms with Crippen LogP contribution in [0.1, 0.15) is 15.9 Å². The summed E-state index contributed by atoms with van der Waals surface area (Å²) in [5.41, 5.74) is 1.26. The molecule has 2 rings (SSSR count). The van der Waals surface area contributed by atoms with Crippen LogP contribution in [0.15, 0.2) is 30.6 Å². The van der Waals surface area contributed by atoms with Gasteiger partial charge in [0.15, 0.2) is 0 Å². The van der Waals surface area contributed by atoms with E-state index in [1.165, 1.54) is 0 Å². The number of carboxylic acid groups (broad SMARTS) is 1. The van der Waals surface area contributed by atoms with Gasteiger partial charge in [-0.25, -0.2) is 4.79 Å². The van der Waals surface area contributed by atoms with Gasteiger partial charge in [0.1, 0.15) is 0 Å². The van der Waals surface area contributed by atoms with Crippen LogP contribution in [0.25, 0.3) is 10.8 Å². The maximum atomic E-state index is 10.8. The molecule has 0 amide bonds. The number of pyridine rings is 1. The number of hydrogen-bond donors (Lipinski definition) is 1. The van der Waals surface area contributed by atoms with Crippen molar-refractivity contribution in [3.8, 4) is 0 Å². The van der Waals surface area contributed by atoms with Gasteiger partial charge in [-0.15, -0.1) is 0 Å². The van der Waals surface area contributed by atoms with Crippen molar-refractivity contribution in [2.75, 3.05) is 0 Å². The first-order valence-corrected chi connectivity index (χ1v) is 4.26. The van der Waals surface area contributed by atoms with Gasteiger partial charge < -0.3 is 5.11 Å². The number of aromatic nitrogens is 1. The van der Waals surface area contributed by atoms with E-state index < -0.39 is 5.97 Å². The summed E-state index contributed by atoms with van der Waals surface area (Å²) in [6.45, 7) is 1.89. The molecule has 70 valence electrons.